The number of aryl methyl sites for hydroxylation is 1. The molecule has 4 aromatic rings. The average molecular weight is 594 g/mol. The maximum absolute atomic E-state index is 13.3. The van der Waals surface area contributed by atoms with Crippen molar-refractivity contribution in [2.75, 3.05) is 10.2 Å². The van der Waals surface area contributed by atoms with Gasteiger partial charge in [0.1, 0.15) is 17.2 Å². The van der Waals surface area contributed by atoms with Crippen LogP contribution in [0.2, 0.25) is 0 Å². The van der Waals surface area contributed by atoms with Gasteiger partial charge < -0.3 is 15.1 Å². The minimum Gasteiger partial charge on any atom is -0.462 e. The Morgan fingerprint density at radius 3 is 2.33 bits per heavy atom. The van der Waals surface area contributed by atoms with Crippen LogP contribution in [0, 0.1) is 6.92 Å². The maximum atomic E-state index is 13.3. The lowest BCUT2D eigenvalue weighted by atomic mass is 10.1. The molecule has 0 spiro atoms. The molecule has 0 unspecified atom stereocenters. The average Bonchev–Trinajstić information content (AvgIpc) is 3.53. The molecule has 4 amide bonds. The van der Waals surface area contributed by atoms with Crippen LogP contribution in [0.3, 0.4) is 0 Å². The first-order valence-electron chi connectivity index (χ1n) is 13.4. The number of nitrogens with one attached hydrogen (secondary N) is 2. The van der Waals surface area contributed by atoms with Crippen molar-refractivity contribution in [2.45, 2.75) is 30.4 Å². The Kier molecular flexibility index (Phi) is 8.68. The third kappa shape index (κ3) is 6.99. The van der Waals surface area contributed by atoms with Crippen LogP contribution in [0.15, 0.2) is 106 Å². The number of hydrogen-bond acceptors (Lipinski definition) is 7. The van der Waals surface area contributed by atoms with Crippen molar-refractivity contribution in [3.05, 3.63) is 119 Å². The quantitative estimate of drug-likeness (QED) is 0.146. The van der Waals surface area contributed by atoms with Gasteiger partial charge in [-0.2, -0.15) is 0 Å². The number of anilines is 2. The van der Waals surface area contributed by atoms with Gasteiger partial charge in [0.2, 0.25) is 11.8 Å². The highest BCUT2D eigenvalue weighted by Gasteiger charge is 2.40. The van der Waals surface area contributed by atoms with Gasteiger partial charge in [-0.15, -0.1) is 11.8 Å². The van der Waals surface area contributed by atoms with Gasteiger partial charge >= 0.3 is 0 Å². The smallest absolute Gasteiger partial charge is 0.272 e. The summed E-state index contributed by atoms with van der Waals surface area (Å²) in [5.74, 6) is -0.792. The zero-order valence-electron chi connectivity index (χ0n) is 23.3. The molecule has 9 nitrogen and oxygen atoms in total. The van der Waals surface area contributed by atoms with Crippen LogP contribution in [0.1, 0.15) is 45.6 Å². The maximum Gasteiger partial charge on any atom is 0.272 e. The van der Waals surface area contributed by atoms with Crippen molar-refractivity contribution < 1.29 is 28.4 Å². The minimum atomic E-state index is -0.659. The van der Waals surface area contributed by atoms with Crippen LogP contribution in [-0.2, 0) is 14.4 Å². The number of hydrogen-bond donors (Lipinski definition) is 2. The Balaban J connectivity index is 1.30. The molecule has 216 valence electrons. The molecule has 0 aliphatic carbocycles. The summed E-state index contributed by atoms with van der Waals surface area (Å²) in [7, 11) is 0. The van der Waals surface area contributed by atoms with E-state index in [0.717, 1.165) is 4.90 Å². The van der Waals surface area contributed by atoms with Crippen LogP contribution in [0.5, 0.6) is 0 Å². The number of thioether (sulfide) groups is 1. The van der Waals surface area contributed by atoms with E-state index >= 15 is 0 Å². The highest BCUT2D eigenvalue weighted by molar-refractivity contribution is 8.00. The molecule has 1 atom stereocenters. The van der Waals surface area contributed by atoms with E-state index in [-0.39, 0.29) is 29.7 Å². The summed E-state index contributed by atoms with van der Waals surface area (Å²) in [6.07, 6.45) is 1.46. The van der Waals surface area contributed by atoms with Gasteiger partial charge in [0, 0.05) is 34.2 Å². The van der Waals surface area contributed by atoms with E-state index in [0.29, 0.717) is 38.9 Å². The summed E-state index contributed by atoms with van der Waals surface area (Å²) >= 11 is 1.22. The van der Waals surface area contributed by atoms with Gasteiger partial charge in [0.15, 0.2) is 5.78 Å². The Bertz CT molecular complexity index is 1740. The third-order valence-corrected chi connectivity index (χ3v) is 7.76. The molecule has 1 aromatic heterocycles. The van der Waals surface area contributed by atoms with Gasteiger partial charge in [-0.05, 0) is 80.6 Å². The predicted octanol–water partition coefficient (Wildman–Crippen LogP) is 5.62. The number of furan rings is 1. The monoisotopic (exact) mass is 593 g/mol. The summed E-state index contributed by atoms with van der Waals surface area (Å²) in [4.78, 5) is 65.5. The summed E-state index contributed by atoms with van der Waals surface area (Å²) in [6.45, 7) is 3.22. The standard InChI is InChI=1S/C33H27N3O6S/c1-20-11-16-26(42-20)18-28(35-31(39)23-7-4-3-5-8-23)32(40)34-24-9-6-10-27(17-24)43-29-19-30(38)36(33(29)41)25-14-12-22(13-15-25)21(2)37/h3-18,29H,19H2,1-2H3,(H,34,40)(H,35,39)/b28-18+/t29-/m0/s1. The van der Waals surface area contributed by atoms with Crippen LogP contribution < -0.4 is 15.5 Å². The normalized spacial score (nSPS) is 15.0. The van der Waals surface area contributed by atoms with E-state index in [1.807, 2.05) is 0 Å². The molecule has 10 heteroatoms. The fourth-order valence-corrected chi connectivity index (χ4v) is 5.55. The molecule has 5 rings (SSSR count). The van der Waals surface area contributed by atoms with E-state index in [9.17, 15) is 24.0 Å². The van der Waals surface area contributed by atoms with E-state index in [1.165, 1.54) is 24.8 Å². The van der Waals surface area contributed by atoms with E-state index in [2.05, 4.69) is 10.6 Å². The molecule has 2 N–H and O–H groups in total. The van der Waals surface area contributed by atoms with Gasteiger partial charge in [-0.25, -0.2) is 4.90 Å². The molecule has 0 radical (unpaired) electrons. The molecule has 43 heavy (non-hydrogen) atoms. The van der Waals surface area contributed by atoms with Crippen molar-refractivity contribution in [3.8, 4) is 0 Å². The number of rotatable bonds is 9. The Hall–Kier alpha value is -5.22. The third-order valence-electron chi connectivity index (χ3n) is 6.58. The van der Waals surface area contributed by atoms with Gasteiger partial charge in [0.25, 0.3) is 11.8 Å². The molecule has 3 aromatic carbocycles. The van der Waals surface area contributed by atoms with Crippen LogP contribution >= 0.6 is 11.8 Å². The number of nitrogens with zero attached hydrogens (tertiary/aromatic N) is 1. The number of benzene rings is 3. The second-order valence-electron chi connectivity index (χ2n) is 9.79. The van der Waals surface area contributed by atoms with Crippen LogP contribution in [-0.4, -0.2) is 34.7 Å². The number of ketones is 1. The van der Waals surface area contributed by atoms with E-state index < -0.39 is 17.1 Å². The Morgan fingerprint density at radius 2 is 1.65 bits per heavy atom. The van der Waals surface area contributed by atoms with Gasteiger partial charge in [-0.3, -0.25) is 24.0 Å². The Morgan fingerprint density at radius 1 is 0.907 bits per heavy atom. The molecule has 1 aliphatic heterocycles. The first-order valence-corrected chi connectivity index (χ1v) is 14.3. The zero-order valence-corrected chi connectivity index (χ0v) is 24.1. The number of imide groups is 1. The molecule has 0 saturated carbocycles. The topological polar surface area (TPSA) is 126 Å². The lowest BCUT2D eigenvalue weighted by Gasteiger charge is -2.15. The van der Waals surface area contributed by atoms with Crippen molar-refractivity contribution in [2.24, 2.45) is 0 Å². The van der Waals surface area contributed by atoms with Gasteiger partial charge in [-0.1, -0.05) is 24.3 Å². The lowest BCUT2D eigenvalue weighted by Crippen LogP contribution is -2.31. The Labute approximate surface area is 252 Å². The first-order chi connectivity index (χ1) is 20.7. The summed E-state index contributed by atoms with van der Waals surface area (Å²) in [6, 6.07) is 25.2. The summed E-state index contributed by atoms with van der Waals surface area (Å²) in [5.41, 5.74) is 1.69. The number of carbonyl (C=O) groups excluding carboxylic acids is 5. The number of Topliss-reactive ketones (excluding diaryl/α,β-unsaturated/α-hetero) is 1. The second kappa shape index (κ2) is 12.7. The fourth-order valence-electron chi connectivity index (χ4n) is 4.44. The van der Waals surface area contributed by atoms with Crippen molar-refractivity contribution in [1.29, 1.82) is 0 Å². The van der Waals surface area contributed by atoms with Crippen molar-refractivity contribution >= 4 is 58.6 Å². The summed E-state index contributed by atoms with van der Waals surface area (Å²) < 4.78 is 5.58. The van der Waals surface area contributed by atoms with Crippen molar-refractivity contribution in [3.63, 3.8) is 0 Å². The molecule has 1 saturated heterocycles. The minimum absolute atomic E-state index is 0.00944. The highest BCUT2D eigenvalue weighted by Crippen LogP contribution is 2.35. The highest BCUT2D eigenvalue weighted by atomic mass is 32.2. The van der Waals surface area contributed by atoms with Crippen molar-refractivity contribution in [1.82, 2.24) is 5.32 Å². The zero-order chi connectivity index (χ0) is 30.5. The lowest BCUT2D eigenvalue weighted by molar-refractivity contribution is -0.121. The predicted molar refractivity (Wildman–Crippen MR) is 164 cm³/mol. The molecular formula is C33H27N3O6S. The SMILES string of the molecule is CC(=O)c1ccc(N2C(=O)C[C@H](Sc3cccc(NC(=O)/C(=C\c4ccc(C)o4)NC(=O)c4ccccc4)c3)C2=O)cc1. The molecular weight excluding hydrogens is 566 g/mol. The van der Waals surface area contributed by atoms with E-state index in [4.69, 9.17) is 4.42 Å². The van der Waals surface area contributed by atoms with Crippen LogP contribution in [0.25, 0.3) is 6.08 Å². The molecule has 0 bridgehead atoms. The van der Waals surface area contributed by atoms with Crippen LogP contribution in [0.4, 0.5) is 11.4 Å². The second-order valence-corrected chi connectivity index (χ2v) is 11.1. The molecule has 1 aliphatic rings. The summed E-state index contributed by atoms with van der Waals surface area (Å²) in [5, 5.41) is 4.80. The molecule has 2 heterocycles. The van der Waals surface area contributed by atoms with Gasteiger partial charge in [0.05, 0.1) is 10.9 Å². The first kappa shape index (κ1) is 29.3. The fraction of sp³-hybridized carbons (Fsp3) is 0.121. The number of amides is 4. The van der Waals surface area contributed by atoms with E-state index in [1.54, 1.807) is 97.9 Å². The number of carbonyl (C=O) groups is 5. The molecule has 1 fully saturated rings. The largest absolute Gasteiger partial charge is 0.462 e.